The molecule has 0 aliphatic carbocycles. The molecule has 7 heteroatoms. The van der Waals surface area contributed by atoms with Crippen molar-refractivity contribution in [1.29, 1.82) is 0 Å². The number of ether oxygens (including phenoxy) is 2. The van der Waals surface area contributed by atoms with Crippen LogP contribution < -0.4 is 10.1 Å². The zero-order valence-electron chi connectivity index (χ0n) is 14.0. The van der Waals surface area contributed by atoms with E-state index in [0.717, 1.165) is 10.6 Å². The highest BCUT2D eigenvalue weighted by Gasteiger charge is 2.46. The number of alkyl halides is 1. The van der Waals surface area contributed by atoms with Crippen molar-refractivity contribution < 1.29 is 14.3 Å². The fraction of sp³-hybridized carbons (Fsp3) is 0.412. The van der Waals surface area contributed by atoms with E-state index in [-0.39, 0.29) is 12.0 Å². The van der Waals surface area contributed by atoms with E-state index in [2.05, 4.69) is 10.3 Å². The second-order valence-corrected chi connectivity index (χ2v) is 7.77. The van der Waals surface area contributed by atoms with Crippen LogP contribution in [0.4, 0.5) is 5.13 Å². The Labute approximate surface area is 150 Å². The average Bonchev–Trinajstić information content (AvgIpc) is 2.98. The van der Waals surface area contributed by atoms with Crippen LogP contribution in [-0.4, -0.2) is 17.0 Å². The lowest BCUT2D eigenvalue weighted by Crippen LogP contribution is -2.23. The summed E-state index contributed by atoms with van der Waals surface area (Å²) in [5.41, 5.74) is 0.495. The van der Waals surface area contributed by atoms with Gasteiger partial charge in [0.25, 0.3) is 5.91 Å². The highest BCUT2D eigenvalue weighted by Crippen LogP contribution is 2.49. The maximum atomic E-state index is 12.5. The molecule has 1 aromatic carbocycles. The number of aromatic nitrogens is 1. The Balaban J connectivity index is 1.83. The highest BCUT2D eigenvalue weighted by atomic mass is 35.5. The molecule has 0 fully saturated rings. The van der Waals surface area contributed by atoms with Crippen LogP contribution in [0.25, 0.3) is 0 Å². The fourth-order valence-corrected chi connectivity index (χ4v) is 4.16. The molecule has 0 saturated carbocycles. The van der Waals surface area contributed by atoms with Gasteiger partial charge in [0.15, 0.2) is 11.2 Å². The van der Waals surface area contributed by atoms with Crippen LogP contribution in [0, 0.1) is 0 Å². The number of fused-ring (bicyclic) bond motifs is 1. The molecular weight excluding hydrogens is 348 g/mol. The first-order valence-electron chi connectivity index (χ1n) is 7.55. The van der Waals surface area contributed by atoms with Crippen LogP contribution in [0.3, 0.4) is 0 Å². The smallest absolute Gasteiger partial charge is 0.257 e. The number of benzene rings is 1. The zero-order valence-corrected chi connectivity index (χ0v) is 15.5. The third kappa shape index (κ3) is 3.14. The van der Waals surface area contributed by atoms with Crippen LogP contribution in [-0.2, 0) is 15.9 Å². The number of carbonyl (C=O) groups excluding carboxylic acids is 1. The lowest BCUT2D eigenvalue weighted by molar-refractivity contribution is -0.105. The number of hydrogen-bond donors (Lipinski definition) is 1. The van der Waals surface area contributed by atoms with E-state index in [9.17, 15) is 4.79 Å². The molecule has 0 unspecified atom stereocenters. The van der Waals surface area contributed by atoms with Gasteiger partial charge >= 0.3 is 0 Å². The zero-order chi connectivity index (χ0) is 17.5. The SMILES string of the molecule is CC1(C)OC(C)(C)c2sc(NC(=O)c3cccc(OCCl)c3)nc21. The van der Waals surface area contributed by atoms with Crippen molar-refractivity contribution in [3.63, 3.8) is 0 Å². The Morgan fingerprint density at radius 2 is 2.08 bits per heavy atom. The number of carbonyl (C=O) groups is 1. The molecule has 3 rings (SSSR count). The summed E-state index contributed by atoms with van der Waals surface area (Å²) in [4.78, 5) is 18.1. The number of amides is 1. The molecule has 0 atom stereocenters. The molecule has 1 N–H and O–H groups in total. The fourth-order valence-electron chi connectivity index (χ4n) is 2.88. The number of thiazole rings is 1. The van der Waals surface area contributed by atoms with Gasteiger partial charge in [0.1, 0.15) is 11.4 Å². The molecule has 1 aromatic heterocycles. The van der Waals surface area contributed by atoms with Gasteiger partial charge in [-0.05, 0) is 45.9 Å². The summed E-state index contributed by atoms with van der Waals surface area (Å²) in [5, 5.41) is 3.42. The quantitative estimate of drug-likeness (QED) is 0.811. The summed E-state index contributed by atoms with van der Waals surface area (Å²) >= 11 is 7.00. The van der Waals surface area contributed by atoms with Crippen molar-refractivity contribution >= 4 is 34.0 Å². The van der Waals surface area contributed by atoms with Gasteiger partial charge in [-0.25, -0.2) is 4.98 Å². The summed E-state index contributed by atoms with van der Waals surface area (Å²) in [6, 6.07) is 6.90. The third-order valence-electron chi connectivity index (χ3n) is 3.79. The lowest BCUT2D eigenvalue weighted by Gasteiger charge is -2.24. The monoisotopic (exact) mass is 366 g/mol. The maximum Gasteiger partial charge on any atom is 0.257 e. The first-order valence-corrected chi connectivity index (χ1v) is 8.90. The molecule has 1 aliphatic rings. The van der Waals surface area contributed by atoms with Crippen molar-refractivity contribution in [3.8, 4) is 5.75 Å². The van der Waals surface area contributed by atoms with Gasteiger partial charge < -0.3 is 9.47 Å². The van der Waals surface area contributed by atoms with E-state index < -0.39 is 11.2 Å². The minimum absolute atomic E-state index is 0.0361. The van der Waals surface area contributed by atoms with Gasteiger partial charge in [0, 0.05) is 5.56 Å². The van der Waals surface area contributed by atoms with Crippen LogP contribution in [0.2, 0.25) is 0 Å². The Bertz CT molecular complexity index is 754. The first kappa shape index (κ1) is 17.2. The lowest BCUT2D eigenvalue weighted by atomic mass is 10.0. The van der Waals surface area contributed by atoms with Gasteiger partial charge in [0.05, 0.1) is 16.2 Å². The standard InChI is InChI=1S/C17H19ClN2O3S/c1-16(2)12-13(17(3,4)23-16)24-15(19-12)20-14(21)10-6-5-7-11(8-10)22-9-18/h5-8H,9H2,1-4H3,(H,19,20,21). The minimum atomic E-state index is -0.466. The predicted octanol–water partition coefficient (Wildman–Crippen LogP) is 4.47. The molecule has 5 nitrogen and oxygen atoms in total. The van der Waals surface area contributed by atoms with Crippen LogP contribution in [0.5, 0.6) is 5.75 Å². The molecule has 24 heavy (non-hydrogen) atoms. The topological polar surface area (TPSA) is 60.5 Å². The number of nitrogens with zero attached hydrogens (tertiary/aromatic N) is 1. The summed E-state index contributed by atoms with van der Waals surface area (Å²) in [6.45, 7) is 7.99. The van der Waals surface area contributed by atoms with Crippen molar-refractivity contribution in [2.24, 2.45) is 0 Å². The second-order valence-electron chi connectivity index (χ2n) is 6.55. The van der Waals surface area contributed by atoms with Crippen molar-refractivity contribution in [2.75, 3.05) is 11.4 Å². The third-order valence-corrected chi connectivity index (χ3v) is 5.18. The van der Waals surface area contributed by atoms with Gasteiger partial charge in [-0.1, -0.05) is 29.0 Å². The molecule has 0 saturated heterocycles. The van der Waals surface area contributed by atoms with E-state index >= 15 is 0 Å². The Hall–Kier alpha value is -1.63. The summed E-state index contributed by atoms with van der Waals surface area (Å²) in [5.74, 6) is 0.314. The number of anilines is 1. The molecule has 2 aromatic rings. The Morgan fingerprint density at radius 1 is 1.33 bits per heavy atom. The van der Waals surface area contributed by atoms with Gasteiger partial charge in [-0.15, -0.1) is 0 Å². The Morgan fingerprint density at radius 3 is 2.75 bits per heavy atom. The molecule has 2 heterocycles. The Kier molecular flexibility index (Phi) is 4.32. The molecule has 0 bridgehead atoms. The second kappa shape index (κ2) is 6.02. The largest absolute Gasteiger partial charge is 0.478 e. The number of rotatable bonds is 4. The van der Waals surface area contributed by atoms with Crippen LogP contribution in [0.1, 0.15) is 48.6 Å². The highest BCUT2D eigenvalue weighted by molar-refractivity contribution is 7.16. The van der Waals surface area contributed by atoms with Crippen molar-refractivity contribution in [3.05, 3.63) is 40.4 Å². The molecule has 0 radical (unpaired) electrons. The molecule has 128 valence electrons. The van der Waals surface area contributed by atoms with E-state index in [1.807, 2.05) is 27.7 Å². The average molecular weight is 367 g/mol. The maximum absolute atomic E-state index is 12.5. The van der Waals surface area contributed by atoms with Crippen molar-refractivity contribution in [2.45, 2.75) is 38.9 Å². The molecule has 0 spiro atoms. The summed E-state index contributed by atoms with van der Waals surface area (Å²) in [6.07, 6.45) is 0. The van der Waals surface area contributed by atoms with E-state index in [0.29, 0.717) is 16.4 Å². The van der Waals surface area contributed by atoms with Gasteiger partial charge in [-0.2, -0.15) is 0 Å². The van der Waals surface area contributed by atoms with E-state index in [1.165, 1.54) is 11.3 Å². The molecule has 1 amide bonds. The molecular formula is C17H19ClN2O3S. The van der Waals surface area contributed by atoms with E-state index in [1.54, 1.807) is 24.3 Å². The van der Waals surface area contributed by atoms with E-state index in [4.69, 9.17) is 21.1 Å². The van der Waals surface area contributed by atoms with Gasteiger partial charge in [0.2, 0.25) is 0 Å². The first-order chi connectivity index (χ1) is 11.2. The van der Waals surface area contributed by atoms with Crippen LogP contribution >= 0.6 is 22.9 Å². The van der Waals surface area contributed by atoms with Crippen LogP contribution in [0.15, 0.2) is 24.3 Å². The summed E-state index contributed by atoms with van der Waals surface area (Å²) < 4.78 is 11.2. The summed E-state index contributed by atoms with van der Waals surface area (Å²) in [7, 11) is 0. The normalized spacial score (nSPS) is 17.4. The predicted molar refractivity (Wildman–Crippen MR) is 95.0 cm³/mol. The molecule has 1 aliphatic heterocycles. The number of halogens is 1. The van der Waals surface area contributed by atoms with Gasteiger partial charge in [-0.3, -0.25) is 10.1 Å². The number of hydrogen-bond acceptors (Lipinski definition) is 5. The van der Waals surface area contributed by atoms with Crippen molar-refractivity contribution in [1.82, 2.24) is 4.98 Å². The number of nitrogens with one attached hydrogen (secondary N) is 1. The minimum Gasteiger partial charge on any atom is -0.478 e.